The van der Waals surface area contributed by atoms with Gasteiger partial charge in [0.2, 0.25) is 0 Å². The topological polar surface area (TPSA) is 45.6 Å². The van der Waals surface area contributed by atoms with E-state index in [0.717, 1.165) is 5.56 Å². The fourth-order valence-corrected chi connectivity index (χ4v) is 2.68. The van der Waals surface area contributed by atoms with Gasteiger partial charge in [-0.25, -0.2) is 0 Å². The SMILES string of the molecule is C#CCOc1ccccc1C=NNC(=S)NC1CCCCC1. The van der Waals surface area contributed by atoms with Crippen molar-refractivity contribution in [1.82, 2.24) is 10.7 Å². The molecule has 0 saturated heterocycles. The summed E-state index contributed by atoms with van der Waals surface area (Å²) in [4.78, 5) is 0. The average Bonchev–Trinajstić information content (AvgIpc) is 2.55. The summed E-state index contributed by atoms with van der Waals surface area (Å²) in [5.41, 5.74) is 3.71. The lowest BCUT2D eigenvalue weighted by Gasteiger charge is -2.23. The Morgan fingerprint density at radius 2 is 2.14 bits per heavy atom. The predicted molar refractivity (Wildman–Crippen MR) is 94.1 cm³/mol. The number of rotatable bonds is 5. The molecule has 1 aliphatic carbocycles. The van der Waals surface area contributed by atoms with E-state index in [1.807, 2.05) is 24.3 Å². The zero-order valence-corrected chi connectivity index (χ0v) is 13.4. The molecule has 2 rings (SSSR count). The van der Waals surface area contributed by atoms with Crippen molar-refractivity contribution < 1.29 is 4.74 Å². The Bertz CT molecular complexity index is 559. The Morgan fingerprint density at radius 3 is 2.91 bits per heavy atom. The third-order valence-corrected chi connectivity index (χ3v) is 3.75. The van der Waals surface area contributed by atoms with Gasteiger partial charge in [0.15, 0.2) is 5.11 Å². The number of hydrazone groups is 1. The van der Waals surface area contributed by atoms with Gasteiger partial charge in [0, 0.05) is 11.6 Å². The predicted octanol–water partition coefficient (Wildman–Crippen LogP) is 2.83. The molecule has 0 spiro atoms. The summed E-state index contributed by atoms with van der Waals surface area (Å²) < 4.78 is 5.46. The number of nitrogens with zero attached hydrogens (tertiary/aromatic N) is 1. The Hall–Kier alpha value is -2.06. The molecule has 0 amide bonds. The number of hydrogen-bond acceptors (Lipinski definition) is 3. The van der Waals surface area contributed by atoms with Crippen LogP contribution in [0.2, 0.25) is 0 Å². The van der Waals surface area contributed by atoms with Crippen LogP contribution in [0.1, 0.15) is 37.7 Å². The zero-order valence-electron chi connectivity index (χ0n) is 12.5. The molecule has 1 aromatic carbocycles. The van der Waals surface area contributed by atoms with Gasteiger partial charge < -0.3 is 10.1 Å². The largest absolute Gasteiger partial charge is 0.480 e. The van der Waals surface area contributed by atoms with Crippen LogP contribution in [0, 0.1) is 12.3 Å². The summed E-state index contributed by atoms with van der Waals surface area (Å²) in [7, 11) is 0. The molecular weight excluding hydrogens is 294 g/mol. The molecule has 4 nitrogen and oxygen atoms in total. The van der Waals surface area contributed by atoms with Gasteiger partial charge in [0.05, 0.1) is 6.21 Å². The van der Waals surface area contributed by atoms with Crippen molar-refractivity contribution in [3.63, 3.8) is 0 Å². The molecule has 1 saturated carbocycles. The van der Waals surface area contributed by atoms with Crippen molar-refractivity contribution in [3.8, 4) is 18.1 Å². The lowest BCUT2D eigenvalue weighted by molar-refractivity contribution is 0.370. The molecule has 1 aromatic rings. The summed E-state index contributed by atoms with van der Waals surface area (Å²) in [6.07, 6.45) is 13.1. The molecule has 0 heterocycles. The normalized spacial score (nSPS) is 15.2. The Balaban J connectivity index is 1.84. The monoisotopic (exact) mass is 315 g/mol. The summed E-state index contributed by atoms with van der Waals surface area (Å²) in [5.74, 6) is 3.16. The van der Waals surface area contributed by atoms with Gasteiger partial charge in [0.25, 0.3) is 0 Å². The van der Waals surface area contributed by atoms with E-state index >= 15 is 0 Å². The summed E-state index contributed by atoms with van der Waals surface area (Å²) in [6.45, 7) is 0.236. The number of thiocarbonyl (C=S) groups is 1. The van der Waals surface area contributed by atoms with Gasteiger partial charge in [-0.2, -0.15) is 5.10 Å². The third kappa shape index (κ3) is 5.38. The van der Waals surface area contributed by atoms with E-state index in [1.165, 1.54) is 32.1 Å². The summed E-state index contributed by atoms with van der Waals surface area (Å²) >= 11 is 5.26. The van der Waals surface area contributed by atoms with Gasteiger partial charge in [-0.05, 0) is 37.2 Å². The molecular formula is C17H21N3OS. The number of nitrogens with one attached hydrogen (secondary N) is 2. The first-order valence-corrected chi connectivity index (χ1v) is 7.95. The van der Waals surface area contributed by atoms with Crippen molar-refractivity contribution in [1.29, 1.82) is 0 Å². The lowest BCUT2D eigenvalue weighted by Crippen LogP contribution is -2.40. The second-order valence-electron chi connectivity index (χ2n) is 5.21. The molecule has 0 unspecified atom stereocenters. The highest BCUT2D eigenvalue weighted by molar-refractivity contribution is 7.80. The Labute approximate surface area is 137 Å². The van der Waals surface area contributed by atoms with Crippen molar-refractivity contribution >= 4 is 23.5 Å². The van der Waals surface area contributed by atoms with Crippen LogP contribution in [0.15, 0.2) is 29.4 Å². The maximum absolute atomic E-state index is 5.46. The number of terminal acetylenes is 1. The number of ether oxygens (including phenoxy) is 1. The van der Waals surface area contributed by atoms with E-state index in [-0.39, 0.29) is 6.61 Å². The van der Waals surface area contributed by atoms with Crippen LogP contribution in [0.5, 0.6) is 5.75 Å². The van der Waals surface area contributed by atoms with Crippen LogP contribution in [0.4, 0.5) is 0 Å². The highest BCUT2D eigenvalue weighted by Gasteiger charge is 2.13. The van der Waals surface area contributed by atoms with E-state index in [2.05, 4.69) is 21.8 Å². The fraction of sp³-hybridized carbons (Fsp3) is 0.412. The number of benzene rings is 1. The van der Waals surface area contributed by atoms with Crippen molar-refractivity contribution in [2.75, 3.05) is 6.61 Å². The molecule has 0 aliphatic heterocycles. The first-order valence-electron chi connectivity index (χ1n) is 7.54. The van der Waals surface area contributed by atoms with Crippen LogP contribution < -0.4 is 15.5 Å². The van der Waals surface area contributed by atoms with Crippen molar-refractivity contribution in [3.05, 3.63) is 29.8 Å². The highest BCUT2D eigenvalue weighted by atomic mass is 32.1. The van der Waals surface area contributed by atoms with Gasteiger partial charge >= 0.3 is 0 Å². The molecule has 0 radical (unpaired) electrons. The molecule has 116 valence electrons. The smallest absolute Gasteiger partial charge is 0.187 e. The quantitative estimate of drug-likeness (QED) is 0.380. The van der Waals surface area contributed by atoms with Gasteiger partial charge in [0.1, 0.15) is 12.4 Å². The first kappa shape index (κ1) is 16.3. The Kier molecular flexibility index (Phi) is 6.72. The van der Waals surface area contributed by atoms with E-state index in [4.69, 9.17) is 23.4 Å². The number of hydrogen-bond donors (Lipinski definition) is 2. The van der Waals surface area contributed by atoms with Crippen molar-refractivity contribution in [2.24, 2.45) is 5.10 Å². The third-order valence-electron chi connectivity index (χ3n) is 3.54. The second kappa shape index (κ2) is 9.06. The average molecular weight is 315 g/mol. The minimum Gasteiger partial charge on any atom is -0.480 e. The number of para-hydroxylation sites is 1. The summed E-state index contributed by atoms with van der Waals surface area (Å²) in [6, 6.07) is 8.05. The Morgan fingerprint density at radius 1 is 1.36 bits per heavy atom. The molecule has 1 aliphatic rings. The lowest BCUT2D eigenvalue weighted by atomic mass is 9.96. The minimum atomic E-state index is 0.236. The molecule has 0 aromatic heterocycles. The van der Waals surface area contributed by atoms with Crippen LogP contribution >= 0.6 is 12.2 Å². The van der Waals surface area contributed by atoms with E-state index in [0.29, 0.717) is 16.9 Å². The first-order chi connectivity index (χ1) is 10.8. The molecule has 22 heavy (non-hydrogen) atoms. The van der Waals surface area contributed by atoms with E-state index in [9.17, 15) is 0 Å². The maximum Gasteiger partial charge on any atom is 0.187 e. The van der Waals surface area contributed by atoms with Gasteiger partial charge in [-0.3, -0.25) is 5.43 Å². The van der Waals surface area contributed by atoms with Crippen LogP contribution in [0.25, 0.3) is 0 Å². The molecule has 0 bridgehead atoms. The van der Waals surface area contributed by atoms with Gasteiger partial charge in [-0.15, -0.1) is 6.42 Å². The molecule has 2 N–H and O–H groups in total. The minimum absolute atomic E-state index is 0.236. The van der Waals surface area contributed by atoms with Crippen molar-refractivity contribution in [2.45, 2.75) is 38.1 Å². The standard InChI is InChI=1S/C17H21N3OS/c1-2-12-21-16-11-7-6-8-14(16)13-18-20-17(22)19-15-9-4-3-5-10-15/h1,6-8,11,13,15H,3-5,9-10,12H2,(H2,19,20,22). The highest BCUT2D eigenvalue weighted by Crippen LogP contribution is 2.17. The molecule has 0 atom stereocenters. The molecule has 5 heteroatoms. The maximum atomic E-state index is 5.46. The van der Waals surface area contributed by atoms with Crippen LogP contribution in [-0.2, 0) is 0 Å². The second-order valence-corrected chi connectivity index (χ2v) is 5.62. The summed E-state index contributed by atoms with van der Waals surface area (Å²) in [5, 5.41) is 8.03. The van der Waals surface area contributed by atoms with Crippen LogP contribution in [0.3, 0.4) is 0 Å². The van der Waals surface area contributed by atoms with Gasteiger partial charge in [-0.1, -0.05) is 37.3 Å². The molecule has 1 fully saturated rings. The van der Waals surface area contributed by atoms with E-state index in [1.54, 1.807) is 6.21 Å². The zero-order chi connectivity index (χ0) is 15.6. The van der Waals surface area contributed by atoms with Crippen LogP contribution in [-0.4, -0.2) is 24.0 Å². The fourth-order valence-electron chi connectivity index (χ4n) is 2.46. The van der Waals surface area contributed by atoms with E-state index < -0.39 is 0 Å².